The smallest absolute Gasteiger partial charge is 0.103 e. The maximum atomic E-state index is 9.11. The van der Waals surface area contributed by atoms with Gasteiger partial charge in [-0.3, -0.25) is 4.98 Å². The Morgan fingerprint density at radius 1 is 1.47 bits per heavy atom. The van der Waals surface area contributed by atoms with E-state index in [1.54, 1.807) is 6.20 Å². The lowest BCUT2D eigenvalue weighted by atomic mass is 10.1. The van der Waals surface area contributed by atoms with Gasteiger partial charge in [0.05, 0.1) is 16.8 Å². The molecule has 1 aromatic heterocycles. The fourth-order valence-corrected chi connectivity index (χ4v) is 2.18. The summed E-state index contributed by atoms with van der Waals surface area (Å²) in [4.78, 5) is 4.30. The third-order valence-corrected chi connectivity index (χ3v) is 3.17. The summed E-state index contributed by atoms with van der Waals surface area (Å²) in [6.45, 7) is 2.96. The molecular weight excluding hydrogens is 325 g/mol. The summed E-state index contributed by atoms with van der Waals surface area (Å²) in [6.07, 6.45) is 2.66. The summed E-state index contributed by atoms with van der Waals surface area (Å²) in [5.74, 6) is 0. The molecular formula is C13H12IN3. The van der Waals surface area contributed by atoms with Gasteiger partial charge in [0.15, 0.2) is 0 Å². The van der Waals surface area contributed by atoms with Crippen LogP contribution in [0.15, 0.2) is 24.4 Å². The van der Waals surface area contributed by atoms with Gasteiger partial charge in [0.2, 0.25) is 0 Å². The van der Waals surface area contributed by atoms with Crippen molar-refractivity contribution in [3.05, 3.63) is 33.5 Å². The number of nitrogens with zero attached hydrogens (tertiary/aromatic N) is 2. The molecule has 2 aromatic rings. The molecule has 2 rings (SSSR count). The van der Waals surface area contributed by atoms with E-state index < -0.39 is 0 Å². The normalized spacial score (nSPS) is 10.2. The van der Waals surface area contributed by atoms with Crippen molar-refractivity contribution in [2.24, 2.45) is 0 Å². The van der Waals surface area contributed by atoms with Crippen LogP contribution in [-0.2, 0) is 0 Å². The van der Waals surface area contributed by atoms with E-state index >= 15 is 0 Å². The second-order valence-corrected chi connectivity index (χ2v) is 4.99. The molecule has 0 aliphatic carbocycles. The van der Waals surface area contributed by atoms with Crippen LogP contribution in [0.5, 0.6) is 0 Å². The van der Waals surface area contributed by atoms with Gasteiger partial charge < -0.3 is 5.32 Å². The maximum Gasteiger partial charge on any atom is 0.103 e. The minimum Gasteiger partial charge on any atom is -0.383 e. The molecule has 1 N–H and O–H groups in total. The fourth-order valence-electron chi connectivity index (χ4n) is 1.69. The summed E-state index contributed by atoms with van der Waals surface area (Å²) < 4.78 is 1.14. The highest BCUT2D eigenvalue weighted by molar-refractivity contribution is 14.1. The van der Waals surface area contributed by atoms with Crippen LogP contribution in [0.2, 0.25) is 0 Å². The number of aromatic nitrogens is 1. The Hall–Kier alpha value is -1.35. The first-order valence-electron chi connectivity index (χ1n) is 5.48. The molecule has 0 saturated carbocycles. The minimum absolute atomic E-state index is 0.605. The molecule has 0 fully saturated rings. The van der Waals surface area contributed by atoms with E-state index in [0.29, 0.717) is 5.56 Å². The predicted molar refractivity (Wildman–Crippen MR) is 78.0 cm³/mol. The second kappa shape index (κ2) is 5.32. The lowest BCUT2D eigenvalue weighted by molar-refractivity contribution is 0.980. The molecule has 0 atom stereocenters. The van der Waals surface area contributed by atoms with Crippen molar-refractivity contribution in [2.45, 2.75) is 13.3 Å². The molecule has 0 amide bonds. The van der Waals surface area contributed by atoms with Crippen molar-refractivity contribution in [3.63, 3.8) is 0 Å². The van der Waals surface area contributed by atoms with Gasteiger partial charge in [-0.15, -0.1) is 0 Å². The Labute approximate surface area is 114 Å². The number of pyridine rings is 1. The average Bonchev–Trinajstić information content (AvgIpc) is 2.35. The highest BCUT2D eigenvalue weighted by atomic mass is 127. The van der Waals surface area contributed by atoms with E-state index in [0.717, 1.165) is 33.1 Å². The first-order valence-corrected chi connectivity index (χ1v) is 6.56. The van der Waals surface area contributed by atoms with Crippen LogP contribution in [0.4, 0.5) is 5.69 Å². The van der Waals surface area contributed by atoms with Gasteiger partial charge in [-0.05, 0) is 47.2 Å². The lowest BCUT2D eigenvalue weighted by Gasteiger charge is -2.10. The standard InChI is InChI=1S/C13H12IN3/c1-2-5-16-13-9(7-15)8-17-12-4-3-10(14)6-11(12)13/h3-4,6,8H,2,5H2,1H3,(H,16,17). The van der Waals surface area contributed by atoms with Crippen molar-refractivity contribution in [2.75, 3.05) is 11.9 Å². The first-order chi connectivity index (χ1) is 8.26. The van der Waals surface area contributed by atoms with E-state index in [9.17, 15) is 0 Å². The molecule has 0 unspecified atom stereocenters. The van der Waals surface area contributed by atoms with Crippen molar-refractivity contribution >= 4 is 39.2 Å². The zero-order valence-electron chi connectivity index (χ0n) is 9.50. The zero-order valence-corrected chi connectivity index (χ0v) is 11.7. The Bertz CT molecular complexity index is 587. The monoisotopic (exact) mass is 337 g/mol. The number of rotatable bonds is 3. The molecule has 0 radical (unpaired) electrons. The number of hydrogen-bond acceptors (Lipinski definition) is 3. The van der Waals surface area contributed by atoms with Crippen LogP contribution >= 0.6 is 22.6 Å². The van der Waals surface area contributed by atoms with Gasteiger partial charge in [0.25, 0.3) is 0 Å². The Kier molecular flexibility index (Phi) is 3.79. The summed E-state index contributed by atoms with van der Waals surface area (Å²) >= 11 is 2.27. The molecule has 4 heteroatoms. The molecule has 3 nitrogen and oxygen atoms in total. The van der Waals surface area contributed by atoms with Crippen molar-refractivity contribution in [1.82, 2.24) is 4.98 Å². The van der Waals surface area contributed by atoms with Gasteiger partial charge >= 0.3 is 0 Å². The molecule has 17 heavy (non-hydrogen) atoms. The first kappa shape index (κ1) is 12.1. The highest BCUT2D eigenvalue weighted by Crippen LogP contribution is 2.27. The van der Waals surface area contributed by atoms with E-state index in [-0.39, 0.29) is 0 Å². The number of halogens is 1. The fraction of sp³-hybridized carbons (Fsp3) is 0.231. The molecule has 1 aromatic carbocycles. The van der Waals surface area contributed by atoms with Gasteiger partial charge in [0, 0.05) is 21.7 Å². The van der Waals surface area contributed by atoms with E-state index in [4.69, 9.17) is 5.26 Å². The van der Waals surface area contributed by atoms with Crippen LogP contribution < -0.4 is 5.32 Å². The summed E-state index contributed by atoms with van der Waals surface area (Å²) in [5, 5.41) is 13.5. The predicted octanol–water partition coefficient (Wildman–Crippen LogP) is 3.53. The van der Waals surface area contributed by atoms with Crippen LogP contribution in [0.3, 0.4) is 0 Å². The topological polar surface area (TPSA) is 48.7 Å². The highest BCUT2D eigenvalue weighted by Gasteiger charge is 2.08. The molecule has 0 bridgehead atoms. The summed E-state index contributed by atoms with van der Waals surface area (Å²) in [7, 11) is 0. The summed E-state index contributed by atoms with van der Waals surface area (Å²) in [5.41, 5.74) is 2.42. The number of nitriles is 1. The third kappa shape index (κ3) is 2.50. The van der Waals surface area contributed by atoms with Crippen LogP contribution in [0.25, 0.3) is 10.9 Å². The minimum atomic E-state index is 0.605. The van der Waals surface area contributed by atoms with Crippen molar-refractivity contribution < 1.29 is 0 Å². The third-order valence-electron chi connectivity index (χ3n) is 2.50. The van der Waals surface area contributed by atoms with Crippen LogP contribution in [0, 0.1) is 14.9 Å². The SMILES string of the molecule is CCCNc1c(C#N)cnc2ccc(I)cc12. The quantitative estimate of drug-likeness (QED) is 0.872. The molecule has 1 heterocycles. The van der Waals surface area contributed by atoms with Gasteiger partial charge in [-0.25, -0.2) is 0 Å². The molecule has 0 saturated heterocycles. The number of anilines is 1. The van der Waals surface area contributed by atoms with Gasteiger partial charge in [0.1, 0.15) is 6.07 Å². The van der Waals surface area contributed by atoms with Gasteiger partial charge in [-0.1, -0.05) is 6.92 Å². The number of fused-ring (bicyclic) bond motifs is 1. The van der Waals surface area contributed by atoms with Crippen LogP contribution in [-0.4, -0.2) is 11.5 Å². The zero-order chi connectivity index (χ0) is 12.3. The van der Waals surface area contributed by atoms with E-state index in [2.05, 4.69) is 52.0 Å². The molecule has 0 spiro atoms. The number of benzene rings is 1. The molecule has 86 valence electrons. The second-order valence-electron chi connectivity index (χ2n) is 3.75. The lowest BCUT2D eigenvalue weighted by Crippen LogP contribution is -2.03. The largest absolute Gasteiger partial charge is 0.383 e. The Morgan fingerprint density at radius 3 is 3.00 bits per heavy atom. The molecule has 0 aliphatic heterocycles. The average molecular weight is 337 g/mol. The van der Waals surface area contributed by atoms with Crippen molar-refractivity contribution in [3.8, 4) is 6.07 Å². The Morgan fingerprint density at radius 2 is 2.29 bits per heavy atom. The maximum absolute atomic E-state index is 9.11. The summed E-state index contributed by atoms with van der Waals surface area (Å²) in [6, 6.07) is 8.25. The molecule has 0 aliphatic rings. The van der Waals surface area contributed by atoms with E-state index in [1.807, 2.05) is 12.1 Å². The van der Waals surface area contributed by atoms with Crippen LogP contribution in [0.1, 0.15) is 18.9 Å². The van der Waals surface area contributed by atoms with Crippen molar-refractivity contribution in [1.29, 1.82) is 5.26 Å². The number of nitrogens with one attached hydrogen (secondary N) is 1. The number of hydrogen-bond donors (Lipinski definition) is 1. The van der Waals surface area contributed by atoms with E-state index in [1.165, 1.54) is 0 Å². The Balaban J connectivity index is 2.64. The van der Waals surface area contributed by atoms with Gasteiger partial charge in [-0.2, -0.15) is 5.26 Å².